The summed E-state index contributed by atoms with van der Waals surface area (Å²) in [4.78, 5) is 17.9. The van der Waals surface area contributed by atoms with E-state index < -0.39 is 11.3 Å². The first-order valence-electron chi connectivity index (χ1n) is 13.5. The Bertz CT molecular complexity index is 1610. The number of nitrogens with one attached hydrogen (secondary N) is 1. The van der Waals surface area contributed by atoms with Crippen molar-refractivity contribution in [1.82, 2.24) is 15.0 Å². The summed E-state index contributed by atoms with van der Waals surface area (Å²) in [5.41, 5.74) is 1.90. The maximum absolute atomic E-state index is 12.9. The molecule has 0 radical (unpaired) electrons. The van der Waals surface area contributed by atoms with E-state index in [4.69, 9.17) is 4.18 Å². The van der Waals surface area contributed by atoms with E-state index in [1.807, 2.05) is 97.1 Å². The Morgan fingerprint density at radius 1 is 0.744 bits per heavy atom. The number of para-hydroxylation sites is 1. The fourth-order valence-electron chi connectivity index (χ4n) is 3.90. The van der Waals surface area contributed by atoms with Gasteiger partial charge in [-0.05, 0) is 92.0 Å². The van der Waals surface area contributed by atoms with Crippen LogP contribution in [-0.2, 0) is 11.3 Å². The molecular formula is C31H29N7O2S3. The first kappa shape index (κ1) is 30.2. The summed E-state index contributed by atoms with van der Waals surface area (Å²) in [6.07, 6.45) is 0. The molecule has 0 aliphatic carbocycles. The van der Waals surface area contributed by atoms with Crippen molar-refractivity contribution in [2.75, 3.05) is 22.7 Å². The topological polar surface area (TPSA) is 105 Å². The minimum Gasteiger partial charge on any atom is -0.385 e. The largest absolute Gasteiger partial charge is 0.385 e. The third-order valence-corrected chi connectivity index (χ3v) is 8.43. The summed E-state index contributed by atoms with van der Waals surface area (Å²) in [6.45, 7) is 5.79. The maximum Gasteiger partial charge on any atom is 0.316 e. The lowest BCUT2D eigenvalue weighted by Crippen LogP contribution is -2.22. The van der Waals surface area contributed by atoms with Crippen LogP contribution in [-0.4, -0.2) is 32.3 Å². The van der Waals surface area contributed by atoms with Gasteiger partial charge in [0, 0.05) is 28.6 Å². The van der Waals surface area contributed by atoms with Crippen LogP contribution < -0.4 is 13.8 Å². The van der Waals surface area contributed by atoms with Crippen LogP contribution in [0.4, 0.5) is 23.0 Å². The molecule has 1 aromatic heterocycles. The Morgan fingerprint density at radius 3 is 1.86 bits per heavy atom. The molecule has 9 nitrogen and oxygen atoms in total. The number of nitrogens with zero attached hydrogens (tertiary/aromatic N) is 6. The van der Waals surface area contributed by atoms with Gasteiger partial charge in [0.2, 0.25) is 0 Å². The zero-order valence-corrected chi connectivity index (χ0v) is 26.0. The van der Waals surface area contributed by atoms with Gasteiger partial charge in [0.05, 0.1) is 5.69 Å². The molecule has 5 aromatic rings. The molecule has 0 fully saturated rings. The van der Waals surface area contributed by atoms with E-state index >= 15 is 0 Å². The lowest BCUT2D eigenvalue weighted by molar-refractivity contribution is 0.567. The second-order valence-electron chi connectivity index (χ2n) is 8.84. The van der Waals surface area contributed by atoms with E-state index in [0.717, 1.165) is 28.6 Å². The molecule has 1 unspecified atom stereocenters. The van der Waals surface area contributed by atoms with Crippen LogP contribution in [0.15, 0.2) is 140 Å². The molecule has 0 amide bonds. The summed E-state index contributed by atoms with van der Waals surface area (Å²) in [6, 6.07) is 34.4. The lowest BCUT2D eigenvalue weighted by atomic mass is 10.2. The van der Waals surface area contributed by atoms with Crippen molar-refractivity contribution in [3.05, 3.63) is 109 Å². The zero-order valence-electron chi connectivity index (χ0n) is 23.5. The van der Waals surface area contributed by atoms with Gasteiger partial charge in [0.15, 0.2) is 10.3 Å². The molecule has 0 saturated carbocycles. The van der Waals surface area contributed by atoms with Gasteiger partial charge in [-0.25, -0.2) is 0 Å². The Balaban J connectivity index is 1.46. The molecule has 43 heavy (non-hydrogen) atoms. The van der Waals surface area contributed by atoms with Gasteiger partial charge in [-0.1, -0.05) is 54.6 Å². The van der Waals surface area contributed by atoms with Gasteiger partial charge in [0.25, 0.3) is 5.95 Å². The number of hydrogen-bond acceptors (Lipinski definition) is 10. The molecule has 0 saturated heterocycles. The van der Waals surface area contributed by atoms with E-state index in [0.29, 0.717) is 27.4 Å². The fourth-order valence-corrected chi connectivity index (χ4v) is 6.16. The van der Waals surface area contributed by atoms with Gasteiger partial charge >= 0.3 is 11.3 Å². The number of aromatic nitrogens is 3. The Labute approximate surface area is 262 Å². The van der Waals surface area contributed by atoms with E-state index in [1.165, 1.54) is 23.5 Å². The van der Waals surface area contributed by atoms with Crippen LogP contribution >= 0.6 is 23.5 Å². The number of hydrogen-bond donors (Lipinski definition) is 1. The Morgan fingerprint density at radius 2 is 1.30 bits per heavy atom. The van der Waals surface area contributed by atoms with Gasteiger partial charge < -0.3 is 9.08 Å². The first-order chi connectivity index (χ1) is 21.1. The van der Waals surface area contributed by atoms with Crippen molar-refractivity contribution in [2.24, 2.45) is 10.2 Å². The summed E-state index contributed by atoms with van der Waals surface area (Å²) in [7, 11) is 0. The Kier molecular flexibility index (Phi) is 10.7. The minimum absolute atomic E-state index is 0.160. The van der Waals surface area contributed by atoms with Crippen molar-refractivity contribution in [2.45, 2.75) is 34.0 Å². The second-order valence-corrected chi connectivity index (χ2v) is 11.8. The van der Waals surface area contributed by atoms with Crippen molar-refractivity contribution in [3.8, 4) is 5.75 Å². The van der Waals surface area contributed by atoms with E-state index in [2.05, 4.69) is 48.6 Å². The summed E-state index contributed by atoms with van der Waals surface area (Å²) < 4.78 is 21.4. The summed E-state index contributed by atoms with van der Waals surface area (Å²) >= 11 is 0.961. The van der Waals surface area contributed by atoms with Gasteiger partial charge in [0.1, 0.15) is 11.4 Å². The average Bonchev–Trinajstić information content (AvgIpc) is 3.02. The maximum atomic E-state index is 12.9. The standard InChI is InChI=1S/C31H29N7O2S3/c1-3-38(4-2)23-20-21-27(28(22-23)37-43(39)40-24-14-8-5-9-15-24)35-36-29-32-30(41-25-16-10-6-11-17-25)34-31(33-29)42-26-18-12-7-13-19-26/h5-22,37H,3-4H2,1-2H3. The van der Waals surface area contributed by atoms with E-state index in [-0.39, 0.29) is 5.95 Å². The van der Waals surface area contributed by atoms with E-state index in [9.17, 15) is 4.21 Å². The minimum atomic E-state index is -1.88. The number of anilines is 2. The lowest BCUT2D eigenvalue weighted by Gasteiger charge is -2.22. The molecule has 0 aliphatic rings. The number of benzene rings is 4. The smallest absolute Gasteiger partial charge is 0.316 e. The molecule has 0 spiro atoms. The molecular weight excluding hydrogens is 599 g/mol. The molecule has 4 aromatic carbocycles. The highest BCUT2D eigenvalue weighted by Crippen LogP contribution is 2.34. The van der Waals surface area contributed by atoms with Crippen molar-refractivity contribution in [1.29, 1.82) is 0 Å². The van der Waals surface area contributed by atoms with Crippen molar-refractivity contribution < 1.29 is 8.39 Å². The predicted octanol–water partition coefficient (Wildman–Crippen LogP) is 8.51. The van der Waals surface area contributed by atoms with Crippen molar-refractivity contribution in [3.63, 3.8) is 0 Å². The molecule has 1 N–H and O–H groups in total. The second kappa shape index (κ2) is 15.3. The molecule has 218 valence electrons. The summed E-state index contributed by atoms with van der Waals surface area (Å²) in [5, 5.41) is 9.86. The van der Waals surface area contributed by atoms with Gasteiger partial charge in [-0.2, -0.15) is 19.2 Å². The van der Waals surface area contributed by atoms with Crippen LogP contribution in [0.25, 0.3) is 0 Å². The normalized spacial score (nSPS) is 11.8. The van der Waals surface area contributed by atoms with Gasteiger partial charge in [-0.15, -0.1) is 10.2 Å². The fraction of sp³-hybridized carbons (Fsp3) is 0.129. The molecule has 0 aliphatic heterocycles. The van der Waals surface area contributed by atoms with Crippen LogP contribution in [0.5, 0.6) is 5.75 Å². The van der Waals surface area contributed by atoms with Crippen molar-refractivity contribution >= 4 is 57.8 Å². The monoisotopic (exact) mass is 627 g/mol. The van der Waals surface area contributed by atoms with Gasteiger partial charge in [-0.3, -0.25) is 4.72 Å². The highest BCUT2D eigenvalue weighted by atomic mass is 32.2. The molecule has 0 bridgehead atoms. The Hall–Kier alpha value is -4.26. The molecule has 5 rings (SSSR count). The van der Waals surface area contributed by atoms with Crippen LogP contribution in [0, 0.1) is 0 Å². The highest BCUT2D eigenvalue weighted by Gasteiger charge is 2.13. The molecule has 12 heteroatoms. The molecule has 1 atom stereocenters. The molecule has 1 heterocycles. The zero-order chi connectivity index (χ0) is 29.9. The first-order valence-corrected chi connectivity index (χ1v) is 16.2. The van der Waals surface area contributed by atoms with E-state index in [1.54, 1.807) is 12.1 Å². The quantitative estimate of drug-likeness (QED) is 0.130. The number of azo groups is 1. The third-order valence-electron chi connectivity index (χ3n) is 5.95. The van der Waals surface area contributed by atoms with Crippen LogP contribution in [0.3, 0.4) is 0 Å². The average molecular weight is 628 g/mol. The highest BCUT2D eigenvalue weighted by molar-refractivity contribution is 7.99. The predicted molar refractivity (Wildman–Crippen MR) is 174 cm³/mol. The van der Waals surface area contributed by atoms with Crippen LogP contribution in [0.1, 0.15) is 13.8 Å². The summed E-state index contributed by atoms with van der Waals surface area (Å²) in [5.74, 6) is 0.640. The number of rotatable bonds is 13. The third kappa shape index (κ3) is 8.87. The van der Waals surface area contributed by atoms with Crippen LogP contribution in [0.2, 0.25) is 0 Å². The SMILES string of the molecule is CCN(CC)c1ccc(N=Nc2nc(Sc3ccccc3)nc(Sc3ccccc3)n2)c(NS(=O)Oc2ccccc2)c1.